The Hall–Kier alpha value is -0.340. The molecule has 0 bridgehead atoms. The molecule has 0 amide bonds. The van der Waals surface area contributed by atoms with Gasteiger partial charge in [0.1, 0.15) is 0 Å². The molecule has 0 spiro atoms. The maximum absolute atomic E-state index is 5.78. The number of halogens is 1. The third-order valence-electron chi connectivity index (χ3n) is 3.26. The summed E-state index contributed by atoms with van der Waals surface area (Å²) < 4.78 is 6.91. The van der Waals surface area contributed by atoms with E-state index >= 15 is 0 Å². The summed E-state index contributed by atoms with van der Waals surface area (Å²) in [7, 11) is 0. The van der Waals surface area contributed by atoms with Crippen molar-refractivity contribution in [1.29, 1.82) is 0 Å². The van der Waals surface area contributed by atoms with Gasteiger partial charge in [-0.15, -0.1) is 0 Å². The highest BCUT2D eigenvalue weighted by molar-refractivity contribution is 9.10. The van der Waals surface area contributed by atoms with E-state index in [0.29, 0.717) is 0 Å². The van der Waals surface area contributed by atoms with Crippen LogP contribution in [0.15, 0.2) is 28.7 Å². The Bertz CT molecular complexity index is 301. The second-order valence-corrected chi connectivity index (χ2v) is 5.56. The fraction of sp³-hybridized carbons (Fsp3) is 0.571. The summed E-state index contributed by atoms with van der Waals surface area (Å²) in [6.45, 7) is 1.69. The van der Waals surface area contributed by atoms with Crippen molar-refractivity contribution < 1.29 is 4.74 Å². The van der Waals surface area contributed by atoms with Crippen LogP contribution >= 0.6 is 15.9 Å². The summed E-state index contributed by atoms with van der Waals surface area (Å²) in [4.78, 5) is 0. The van der Waals surface area contributed by atoms with Crippen molar-refractivity contribution in [3.05, 3.63) is 34.3 Å². The van der Waals surface area contributed by atoms with Gasteiger partial charge in [0.25, 0.3) is 0 Å². The molecule has 1 aliphatic rings. The summed E-state index contributed by atoms with van der Waals surface area (Å²) in [6.07, 6.45) is 6.93. The minimum absolute atomic E-state index is 0.754. The van der Waals surface area contributed by atoms with Crippen LogP contribution in [0.3, 0.4) is 0 Å². The third-order valence-corrected chi connectivity index (χ3v) is 3.79. The average Bonchev–Trinajstić information content (AvgIpc) is 2.33. The van der Waals surface area contributed by atoms with Crippen molar-refractivity contribution >= 4 is 15.9 Å². The van der Waals surface area contributed by atoms with Gasteiger partial charge < -0.3 is 4.74 Å². The monoisotopic (exact) mass is 282 g/mol. The van der Waals surface area contributed by atoms with Crippen molar-refractivity contribution in [2.24, 2.45) is 5.92 Å². The fourth-order valence-electron chi connectivity index (χ4n) is 2.28. The van der Waals surface area contributed by atoms with E-state index in [1.807, 2.05) is 0 Å². The predicted molar refractivity (Wildman–Crippen MR) is 70.4 cm³/mol. The highest BCUT2D eigenvalue weighted by Gasteiger charge is 2.12. The lowest BCUT2D eigenvalue weighted by Crippen LogP contribution is -2.13. The molecule has 0 aliphatic heterocycles. The smallest absolute Gasteiger partial charge is 0.0717 e. The lowest BCUT2D eigenvalue weighted by Gasteiger charge is -2.21. The number of hydrogen-bond acceptors (Lipinski definition) is 1. The minimum Gasteiger partial charge on any atom is -0.376 e. The molecule has 0 unspecified atom stereocenters. The molecule has 2 heteroatoms. The minimum atomic E-state index is 0.754. The Morgan fingerprint density at radius 2 is 1.75 bits per heavy atom. The lowest BCUT2D eigenvalue weighted by atomic mass is 9.90. The summed E-state index contributed by atoms with van der Waals surface area (Å²) >= 11 is 3.44. The van der Waals surface area contributed by atoms with Gasteiger partial charge in [-0.1, -0.05) is 47.3 Å². The van der Waals surface area contributed by atoms with Crippen LogP contribution in [0, 0.1) is 5.92 Å². The van der Waals surface area contributed by atoms with Crippen LogP contribution in [0.2, 0.25) is 0 Å². The first-order valence-corrected chi connectivity index (χ1v) is 6.96. The van der Waals surface area contributed by atoms with Gasteiger partial charge in [-0.2, -0.15) is 0 Å². The second kappa shape index (κ2) is 6.41. The van der Waals surface area contributed by atoms with Crippen LogP contribution in [-0.4, -0.2) is 6.61 Å². The highest BCUT2D eigenvalue weighted by atomic mass is 79.9. The SMILES string of the molecule is Brc1ccc(COCC2CCCCC2)cc1. The van der Waals surface area contributed by atoms with E-state index in [4.69, 9.17) is 4.74 Å². The molecule has 0 aromatic heterocycles. The van der Waals surface area contributed by atoms with Gasteiger partial charge in [-0.05, 0) is 36.5 Å². The first-order chi connectivity index (χ1) is 7.84. The maximum atomic E-state index is 5.78. The van der Waals surface area contributed by atoms with Crippen LogP contribution in [0.25, 0.3) is 0 Å². The van der Waals surface area contributed by atoms with Gasteiger partial charge >= 0.3 is 0 Å². The average molecular weight is 283 g/mol. The standard InChI is InChI=1S/C14H19BrO/c15-14-8-6-13(7-9-14)11-16-10-12-4-2-1-3-5-12/h6-9,12H,1-5,10-11H2. The zero-order valence-corrected chi connectivity index (χ0v) is 11.2. The molecule has 0 heterocycles. The molecule has 1 aromatic rings. The summed E-state index contributed by atoms with van der Waals surface area (Å²) in [5, 5.41) is 0. The third kappa shape index (κ3) is 3.91. The quantitative estimate of drug-likeness (QED) is 0.788. The molecule has 0 radical (unpaired) electrons. The van der Waals surface area contributed by atoms with Crippen molar-refractivity contribution in [2.75, 3.05) is 6.61 Å². The Balaban J connectivity index is 1.69. The van der Waals surface area contributed by atoms with Gasteiger partial charge in [0.2, 0.25) is 0 Å². The van der Waals surface area contributed by atoms with Crippen LogP contribution in [0.1, 0.15) is 37.7 Å². The van der Waals surface area contributed by atoms with Crippen molar-refractivity contribution in [3.63, 3.8) is 0 Å². The van der Waals surface area contributed by atoms with Crippen LogP contribution < -0.4 is 0 Å². The topological polar surface area (TPSA) is 9.23 Å². The molecular weight excluding hydrogens is 264 g/mol. The van der Waals surface area contributed by atoms with E-state index in [1.54, 1.807) is 0 Å². The Kier molecular flexibility index (Phi) is 4.86. The van der Waals surface area contributed by atoms with Crippen LogP contribution in [0.5, 0.6) is 0 Å². The summed E-state index contributed by atoms with van der Waals surface area (Å²) in [5.74, 6) is 0.809. The molecule has 1 saturated carbocycles. The second-order valence-electron chi connectivity index (χ2n) is 4.65. The molecule has 1 fully saturated rings. The van der Waals surface area contributed by atoms with Crippen molar-refractivity contribution in [3.8, 4) is 0 Å². The molecule has 88 valence electrons. The first kappa shape index (κ1) is 12.1. The molecule has 16 heavy (non-hydrogen) atoms. The van der Waals surface area contributed by atoms with Gasteiger partial charge in [0.15, 0.2) is 0 Å². The van der Waals surface area contributed by atoms with E-state index in [0.717, 1.165) is 23.6 Å². The summed E-state index contributed by atoms with van der Waals surface area (Å²) in [6, 6.07) is 8.37. The van der Waals surface area contributed by atoms with Gasteiger partial charge in [-0.25, -0.2) is 0 Å². The van der Waals surface area contributed by atoms with Crippen LogP contribution in [-0.2, 0) is 11.3 Å². The van der Waals surface area contributed by atoms with E-state index in [1.165, 1.54) is 37.7 Å². The lowest BCUT2D eigenvalue weighted by molar-refractivity contribution is 0.0739. The first-order valence-electron chi connectivity index (χ1n) is 6.17. The van der Waals surface area contributed by atoms with E-state index in [2.05, 4.69) is 40.2 Å². The molecule has 1 nitrogen and oxygen atoms in total. The zero-order valence-electron chi connectivity index (χ0n) is 9.62. The highest BCUT2D eigenvalue weighted by Crippen LogP contribution is 2.24. The van der Waals surface area contributed by atoms with E-state index in [9.17, 15) is 0 Å². The fourth-order valence-corrected chi connectivity index (χ4v) is 2.54. The molecule has 0 saturated heterocycles. The number of hydrogen-bond donors (Lipinski definition) is 0. The molecular formula is C14H19BrO. The largest absolute Gasteiger partial charge is 0.376 e. The predicted octanol–water partition coefficient (Wildman–Crippen LogP) is 4.55. The summed E-state index contributed by atoms with van der Waals surface area (Å²) in [5.41, 5.74) is 1.26. The maximum Gasteiger partial charge on any atom is 0.0717 e. The Morgan fingerprint density at radius 3 is 2.44 bits per heavy atom. The van der Waals surface area contributed by atoms with E-state index < -0.39 is 0 Å². The van der Waals surface area contributed by atoms with Crippen LogP contribution in [0.4, 0.5) is 0 Å². The normalized spacial score (nSPS) is 17.6. The van der Waals surface area contributed by atoms with Crippen molar-refractivity contribution in [1.82, 2.24) is 0 Å². The van der Waals surface area contributed by atoms with Crippen molar-refractivity contribution in [2.45, 2.75) is 38.7 Å². The molecule has 0 atom stereocenters. The number of ether oxygens (including phenoxy) is 1. The number of benzene rings is 1. The van der Waals surface area contributed by atoms with Gasteiger partial charge in [0, 0.05) is 11.1 Å². The Labute approximate surface area is 106 Å². The molecule has 1 aromatic carbocycles. The molecule has 2 rings (SSSR count). The number of rotatable bonds is 4. The van der Waals surface area contributed by atoms with E-state index in [-0.39, 0.29) is 0 Å². The van der Waals surface area contributed by atoms with Gasteiger partial charge in [-0.3, -0.25) is 0 Å². The molecule has 0 N–H and O–H groups in total. The molecule has 1 aliphatic carbocycles. The Morgan fingerprint density at radius 1 is 1.06 bits per heavy atom. The zero-order chi connectivity index (χ0) is 11.2. The van der Waals surface area contributed by atoms with Gasteiger partial charge in [0.05, 0.1) is 6.61 Å².